The first kappa shape index (κ1) is 24.8. The van der Waals surface area contributed by atoms with Crippen molar-refractivity contribution in [2.45, 2.75) is 62.9 Å². The van der Waals surface area contributed by atoms with Crippen molar-refractivity contribution < 1.29 is 9.53 Å². The van der Waals surface area contributed by atoms with Gasteiger partial charge in [-0.1, -0.05) is 41.6 Å². The number of hydrogen-bond acceptors (Lipinski definition) is 5. The molecule has 4 saturated carbocycles. The number of methoxy groups -OCH3 is 1. The first-order chi connectivity index (χ1) is 17.9. The highest BCUT2D eigenvalue weighted by Crippen LogP contribution is 2.60. The van der Waals surface area contributed by atoms with Crippen LogP contribution in [0.3, 0.4) is 0 Å². The van der Waals surface area contributed by atoms with Gasteiger partial charge in [0.1, 0.15) is 5.75 Å². The molecular formula is C29H33ClN4O2S. The third kappa shape index (κ3) is 4.88. The number of hydrogen-bond donors (Lipinski definition) is 1. The lowest BCUT2D eigenvalue weighted by atomic mass is 9.49. The number of carbonyl (C=O) groups excluding carboxylic acids is 1. The van der Waals surface area contributed by atoms with Gasteiger partial charge in [0.15, 0.2) is 11.0 Å². The number of halogens is 1. The molecule has 4 aliphatic rings. The number of ether oxygens (including phenoxy) is 1. The van der Waals surface area contributed by atoms with Crippen LogP contribution in [0.25, 0.3) is 5.69 Å². The Bertz CT molecular complexity index is 1290. The number of aryl methyl sites for hydroxylation is 1. The first-order valence-electron chi connectivity index (χ1n) is 13.2. The molecule has 37 heavy (non-hydrogen) atoms. The van der Waals surface area contributed by atoms with Gasteiger partial charge in [-0.2, -0.15) is 0 Å². The number of nitrogens with one attached hydrogen (secondary N) is 1. The molecular weight excluding hydrogens is 504 g/mol. The Morgan fingerprint density at radius 2 is 1.84 bits per heavy atom. The van der Waals surface area contributed by atoms with E-state index in [4.69, 9.17) is 16.3 Å². The first-order valence-corrected chi connectivity index (χ1v) is 14.5. The van der Waals surface area contributed by atoms with E-state index in [1.807, 2.05) is 41.0 Å². The molecule has 0 saturated heterocycles. The smallest absolute Gasteiger partial charge is 0.226 e. The normalized spacial score (nSPS) is 25.9. The van der Waals surface area contributed by atoms with Gasteiger partial charge in [0.25, 0.3) is 0 Å². The van der Waals surface area contributed by atoms with Crippen LogP contribution in [0.2, 0.25) is 5.02 Å². The Kier molecular flexibility index (Phi) is 6.70. The van der Waals surface area contributed by atoms with E-state index in [2.05, 4.69) is 28.5 Å². The fourth-order valence-electron chi connectivity index (χ4n) is 7.22. The summed E-state index contributed by atoms with van der Waals surface area (Å²) in [6.45, 7) is 2.40. The number of benzene rings is 2. The van der Waals surface area contributed by atoms with Crippen molar-refractivity contribution in [3.8, 4) is 11.4 Å². The second-order valence-corrected chi connectivity index (χ2v) is 12.6. The molecule has 1 amide bonds. The molecule has 8 heteroatoms. The standard InChI is InChI=1S/C29H33ClN4O2S/c1-18-6-7-23(30)12-25(18)34-26(32-33-28(34)37-17-19-4-3-5-24(11-19)36-2)16-31-27(35)29-13-20-8-21(14-29)10-22(9-20)15-29/h3-7,11-12,20-22H,8-10,13-17H2,1-2H3,(H,31,35). The SMILES string of the molecule is COc1cccc(CSc2nnc(CNC(=O)C34CC5CC(CC(C5)C3)C4)n2-c2cc(Cl)ccc2C)c1. The van der Waals surface area contributed by atoms with Gasteiger partial charge in [-0.3, -0.25) is 9.36 Å². The summed E-state index contributed by atoms with van der Waals surface area (Å²) in [5.74, 6) is 4.66. The van der Waals surface area contributed by atoms with Crippen LogP contribution in [0.5, 0.6) is 5.75 Å². The molecule has 0 atom stereocenters. The minimum absolute atomic E-state index is 0.185. The monoisotopic (exact) mass is 536 g/mol. The van der Waals surface area contributed by atoms with Crippen molar-refractivity contribution in [1.82, 2.24) is 20.1 Å². The second-order valence-electron chi connectivity index (χ2n) is 11.2. The quantitative estimate of drug-likeness (QED) is 0.339. The maximum absolute atomic E-state index is 13.6. The predicted molar refractivity (Wildman–Crippen MR) is 146 cm³/mol. The van der Waals surface area contributed by atoms with Gasteiger partial charge in [-0.05, 0) is 98.6 Å². The Morgan fingerprint density at radius 1 is 1.11 bits per heavy atom. The van der Waals surface area contributed by atoms with E-state index in [1.54, 1.807) is 18.9 Å². The van der Waals surface area contributed by atoms with Gasteiger partial charge >= 0.3 is 0 Å². The predicted octanol–water partition coefficient (Wildman–Crippen LogP) is 6.36. The van der Waals surface area contributed by atoms with Crippen LogP contribution >= 0.6 is 23.4 Å². The van der Waals surface area contributed by atoms with Crippen LogP contribution < -0.4 is 10.1 Å². The molecule has 4 fully saturated rings. The summed E-state index contributed by atoms with van der Waals surface area (Å²) in [6, 6.07) is 13.9. The molecule has 4 aliphatic carbocycles. The van der Waals surface area contributed by atoms with Crippen LogP contribution in [0.15, 0.2) is 47.6 Å². The molecule has 1 heterocycles. The van der Waals surface area contributed by atoms with Gasteiger partial charge in [0.05, 0.1) is 19.3 Å². The van der Waals surface area contributed by atoms with Crippen molar-refractivity contribution in [2.75, 3.05) is 7.11 Å². The van der Waals surface area contributed by atoms with Crippen LogP contribution in [-0.4, -0.2) is 27.8 Å². The minimum atomic E-state index is -0.185. The number of aromatic nitrogens is 3. The fraction of sp³-hybridized carbons (Fsp3) is 0.483. The lowest BCUT2D eigenvalue weighted by Crippen LogP contribution is -2.53. The summed E-state index contributed by atoms with van der Waals surface area (Å²) < 4.78 is 7.43. The van der Waals surface area contributed by atoms with Crippen molar-refractivity contribution in [1.29, 1.82) is 0 Å². The number of rotatable bonds is 8. The summed E-state index contributed by atoms with van der Waals surface area (Å²) in [5.41, 5.74) is 2.96. The minimum Gasteiger partial charge on any atom is -0.497 e. The topological polar surface area (TPSA) is 69.0 Å². The second kappa shape index (κ2) is 9.99. The largest absolute Gasteiger partial charge is 0.497 e. The van der Waals surface area contributed by atoms with Crippen molar-refractivity contribution >= 4 is 29.3 Å². The third-order valence-electron chi connectivity index (χ3n) is 8.54. The molecule has 7 rings (SSSR count). The van der Waals surface area contributed by atoms with Crippen LogP contribution in [0.4, 0.5) is 0 Å². The average Bonchev–Trinajstić information content (AvgIpc) is 3.29. The van der Waals surface area contributed by atoms with Gasteiger partial charge in [-0.25, -0.2) is 0 Å². The molecule has 0 radical (unpaired) electrons. The summed E-state index contributed by atoms with van der Waals surface area (Å²) in [5, 5.41) is 13.8. The van der Waals surface area contributed by atoms with E-state index in [-0.39, 0.29) is 11.3 Å². The highest BCUT2D eigenvalue weighted by Gasteiger charge is 2.54. The Morgan fingerprint density at radius 3 is 2.54 bits per heavy atom. The Hall–Kier alpha value is -2.51. The average molecular weight is 537 g/mol. The van der Waals surface area contributed by atoms with E-state index in [9.17, 15) is 4.79 Å². The van der Waals surface area contributed by atoms with Gasteiger partial charge in [-0.15, -0.1) is 10.2 Å². The van der Waals surface area contributed by atoms with Crippen molar-refractivity contribution in [3.63, 3.8) is 0 Å². The molecule has 194 valence electrons. The summed E-state index contributed by atoms with van der Waals surface area (Å²) in [4.78, 5) is 13.6. The van der Waals surface area contributed by atoms with Crippen LogP contribution in [0, 0.1) is 30.1 Å². The van der Waals surface area contributed by atoms with E-state index >= 15 is 0 Å². The molecule has 6 nitrogen and oxygen atoms in total. The number of thioether (sulfide) groups is 1. The van der Waals surface area contributed by atoms with Crippen molar-refractivity contribution in [3.05, 3.63) is 64.4 Å². The maximum Gasteiger partial charge on any atom is 0.226 e. The molecule has 0 unspecified atom stereocenters. The zero-order valence-electron chi connectivity index (χ0n) is 21.4. The molecule has 3 aromatic rings. The Labute approximate surface area is 227 Å². The number of amides is 1. The highest BCUT2D eigenvalue weighted by atomic mass is 35.5. The molecule has 0 aliphatic heterocycles. The zero-order chi connectivity index (χ0) is 25.6. The number of nitrogens with zero attached hydrogens (tertiary/aromatic N) is 3. The van der Waals surface area contributed by atoms with Gasteiger partial charge in [0.2, 0.25) is 5.91 Å². The lowest BCUT2D eigenvalue weighted by Gasteiger charge is -2.55. The Balaban J connectivity index is 1.25. The third-order valence-corrected chi connectivity index (χ3v) is 9.78. The zero-order valence-corrected chi connectivity index (χ0v) is 22.9. The fourth-order valence-corrected chi connectivity index (χ4v) is 8.29. The molecule has 0 spiro atoms. The molecule has 4 bridgehead atoms. The highest BCUT2D eigenvalue weighted by molar-refractivity contribution is 7.98. The van der Waals surface area contributed by atoms with E-state index in [0.29, 0.717) is 17.3 Å². The van der Waals surface area contributed by atoms with Gasteiger partial charge in [0, 0.05) is 16.2 Å². The van der Waals surface area contributed by atoms with Crippen molar-refractivity contribution in [2.24, 2.45) is 23.2 Å². The summed E-state index contributed by atoms with van der Waals surface area (Å²) in [7, 11) is 1.68. The van der Waals surface area contributed by atoms with E-state index in [0.717, 1.165) is 70.6 Å². The maximum atomic E-state index is 13.6. The van der Waals surface area contributed by atoms with Gasteiger partial charge < -0.3 is 10.1 Å². The van der Waals surface area contributed by atoms with Crippen LogP contribution in [-0.2, 0) is 17.1 Å². The summed E-state index contributed by atoms with van der Waals surface area (Å²) in [6.07, 6.45) is 7.11. The molecule has 2 aromatic carbocycles. The van der Waals surface area contributed by atoms with E-state index in [1.165, 1.54) is 19.3 Å². The number of carbonyl (C=O) groups is 1. The van der Waals surface area contributed by atoms with E-state index < -0.39 is 0 Å². The molecule has 1 aromatic heterocycles. The summed E-state index contributed by atoms with van der Waals surface area (Å²) >= 11 is 8.01. The molecule has 1 N–H and O–H groups in total. The van der Waals surface area contributed by atoms with Crippen LogP contribution in [0.1, 0.15) is 55.5 Å². The lowest BCUT2D eigenvalue weighted by molar-refractivity contribution is -0.146.